The molecule has 1 saturated carbocycles. The molecule has 1 aliphatic rings. The van der Waals surface area contributed by atoms with Crippen molar-refractivity contribution < 1.29 is 9.59 Å². The number of para-hydroxylation sites is 1. The van der Waals surface area contributed by atoms with Crippen LogP contribution in [0.2, 0.25) is 0 Å². The van der Waals surface area contributed by atoms with E-state index in [0.717, 1.165) is 36.2 Å². The van der Waals surface area contributed by atoms with Gasteiger partial charge in [0.05, 0.1) is 6.42 Å². The molecule has 2 atom stereocenters. The first-order valence-electron chi connectivity index (χ1n) is 9.57. The molecule has 2 amide bonds. The maximum atomic E-state index is 12.7. The van der Waals surface area contributed by atoms with Crippen LogP contribution in [-0.4, -0.2) is 24.4 Å². The van der Waals surface area contributed by atoms with E-state index in [0.29, 0.717) is 13.0 Å². The van der Waals surface area contributed by atoms with E-state index in [2.05, 4.69) is 5.32 Å². The van der Waals surface area contributed by atoms with Crippen LogP contribution < -0.4 is 16.0 Å². The number of carbonyl (C=O) groups excluding carboxylic acids is 2. The van der Waals surface area contributed by atoms with Gasteiger partial charge in [0.2, 0.25) is 11.8 Å². The molecule has 0 heterocycles. The molecule has 2 unspecified atom stereocenters. The molecule has 2 aromatic carbocycles. The van der Waals surface area contributed by atoms with Crippen LogP contribution in [0, 0.1) is 5.92 Å². The molecule has 3 N–H and O–H groups in total. The number of nitrogens with two attached hydrogens (primary N) is 1. The summed E-state index contributed by atoms with van der Waals surface area (Å²) < 4.78 is 0. The predicted octanol–water partition coefficient (Wildman–Crippen LogP) is 3.35. The molecule has 0 saturated heterocycles. The van der Waals surface area contributed by atoms with E-state index in [-0.39, 0.29) is 23.8 Å². The molecule has 1 fully saturated rings. The van der Waals surface area contributed by atoms with Gasteiger partial charge >= 0.3 is 0 Å². The third kappa shape index (κ3) is 4.95. The summed E-state index contributed by atoms with van der Waals surface area (Å²) in [6.07, 6.45) is 2.85. The Morgan fingerprint density at radius 3 is 2.37 bits per heavy atom. The number of anilines is 2. The molecule has 27 heavy (non-hydrogen) atoms. The standard InChI is InChI=1S/C22H27N3O2/c1-2-25(20-6-4-3-5-7-20)21(26)14-16-8-12-19(13-9-16)24-22(27)17-10-11-18(23)15-17/h3-9,12-13,17-18H,2,10-11,14-15,23H2,1H3,(H,24,27). The third-order valence-electron chi connectivity index (χ3n) is 5.11. The van der Waals surface area contributed by atoms with Gasteiger partial charge in [-0.2, -0.15) is 0 Å². The summed E-state index contributed by atoms with van der Waals surface area (Å²) in [5, 5.41) is 2.95. The Hall–Kier alpha value is -2.66. The quantitative estimate of drug-likeness (QED) is 0.824. The molecule has 0 bridgehead atoms. The minimum atomic E-state index is 0.00485. The van der Waals surface area contributed by atoms with Crippen molar-refractivity contribution in [3.05, 3.63) is 60.2 Å². The molecule has 5 heteroatoms. The molecular weight excluding hydrogens is 338 g/mol. The smallest absolute Gasteiger partial charge is 0.231 e. The second kappa shape index (κ2) is 8.82. The lowest BCUT2D eigenvalue weighted by Crippen LogP contribution is -2.31. The zero-order valence-electron chi connectivity index (χ0n) is 15.7. The molecule has 5 nitrogen and oxygen atoms in total. The summed E-state index contributed by atoms with van der Waals surface area (Å²) in [5.41, 5.74) is 8.47. The maximum absolute atomic E-state index is 12.7. The van der Waals surface area contributed by atoms with Crippen molar-refractivity contribution in [2.75, 3.05) is 16.8 Å². The largest absolute Gasteiger partial charge is 0.328 e. The van der Waals surface area contributed by atoms with Crippen molar-refractivity contribution in [1.29, 1.82) is 0 Å². The van der Waals surface area contributed by atoms with Gasteiger partial charge in [-0.05, 0) is 56.0 Å². The van der Waals surface area contributed by atoms with E-state index >= 15 is 0 Å². The van der Waals surface area contributed by atoms with Crippen molar-refractivity contribution >= 4 is 23.2 Å². The minimum Gasteiger partial charge on any atom is -0.328 e. The molecule has 0 radical (unpaired) electrons. The fourth-order valence-corrected chi connectivity index (χ4v) is 3.59. The average molecular weight is 365 g/mol. The van der Waals surface area contributed by atoms with Crippen LogP contribution in [0.3, 0.4) is 0 Å². The maximum Gasteiger partial charge on any atom is 0.231 e. The van der Waals surface area contributed by atoms with Crippen LogP contribution in [0.25, 0.3) is 0 Å². The van der Waals surface area contributed by atoms with Crippen LogP contribution in [-0.2, 0) is 16.0 Å². The summed E-state index contributed by atoms with van der Waals surface area (Å²) in [4.78, 5) is 26.7. The molecule has 0 aliphatic heterocycles. The highest BCUT2D eigenvalue weighted by Crippen LogP contribution is 2.25. The number of benzene rings is 2. The summed E-state index contributed by atoms with van der Waals surface area (Å²) in [7, 11) is 0. The zero-order valence-corrected chi connectivity index (χ0v) is 15.7. The van der Waals surface area contributed by atoms with Gasteiger partial charge in [-0.25, -0.2) is 0 Å². The van der Waals surface area contributed by atoms with Gasteiger partial charge in [-0.15, -0.1) is 0 Å². The first-order chi connectivity index (χ1) is 13.1. The van der Waals surface area contributed by atoms with E-state index < -0.39 is 0 Å². The van der Waals surface area contributed by atoms with Gasteiger partial charge < -0.3 is 16.0 Å². The topological polar surface area (TPSA) is 75.4 Å². The Labute approximate surface area is 160 Å². The van der Waals surface area contributed by atoms with Gasteiger partial charge in [0.15, 0.2) is 0 Å². The normalized spacial score (nSPS) is 18.9. The number of rotatable bonds is 6. The first kappa shape index (κ1) is 19.1. The first-order valence-corrected chi connectivity index (χ1v) is 9.57. The molecule has 0 aromatic heterocycles. The number of carbonyl (C=O) groups is 2. The van der Waals surface area contributed by atoms with Crippen molar-refractivity contribution in [3.8, 4) is 0 Å². The number of likely N-dealkylation sites (N-methyl/N-ethyl adjacent to an activating group) is 1. The second-order valence-corrected chi connectivity index (χ2v) is 7.11. The van der Waals surface area contributed by atoms with E-state index in [9.17, 15) is 9.59 Å². The van der Waals surface area contributed by atoms with Crippen molar-refractivity contribution in [2.45, 2.75) is 38.6 Å². The number of nitrogens with one attached hydrogen (secondary N) is 1. The fraction of sp³-hybridized carbons (Fsp3) is 0.364. The SMILES string of the molecule is CCN(C(=O)Cc1ccc(NC(=O)C2CCC(N)C2)cc1)c1ccccc1. The van der Waals surface area contributed by atoms with Crippen LogP contribution >= 0.6 is 0 Å². The lowest BCUT2D eigenvalue weighted by Gasteiger charge is -2.21. The Morgan fingerprint density at radius 1 is 1.07 bits per heavy atom. The van der Waals surface area contributed by atoms with E-state index in [4.69, 9.17) is 5.73 Å². The van der Waals surface area contributed by atoms with Gasteiger partial charge in [0.1, 0.15) is 0 Å². The predicted molar refractivity (Wildman–Crippen MR) is 109 cm³/mol. The Morgan fingerprint density at radius 2 is 1.78 bits per heavy atom. The lowest BCUT2D eigenvalue weighted by molar-refractivity contribution is -0.120. The zero-order chi connectivity index (χ0) is 19.2. The van der Waals surface area contributed by atoms with Gasteiger partial charge in [-0.3, -0.25) is 9.59 Å². The van der Waals surface area contributed by atoms with Crippen LogP contribution in [0.5, 0.6) is 0 Å². The average Bonchev–Trinajstić information content (AvgIpc) is 3.11. The van der Waals surface area contributed by atoms with E-state index in [1.54, 1.807) is 4.90 Å². The Bertz CT molecular complexity index is 774. The molecule has 142 valence electrons. The van der Waals surface area contributed by atoms with Crippen molar-refractivity contribution in [3.63, 3.8) is 0 Å². The highest BCUT2D eigenvalue weighted by atomic mass is 16.2. The summed E-state index contributed by atoms with van der Waals surface area (Å²) in [6.45, 7) is 2.60. The number of nitrogens with zero attached hydrogens (tertiary/aromatic N) is 1. The third-order valence-corrected chi connectivity index (χ3v) is 5.11. The highest BCUT2D eigenvalue weighted by Gasteiger charge is 2.27. The summed E-state index contributed by atoms with van der Waals surface area (Å²) >= 11 is 0. The minimum absolute atomic E-state index is 0.00485. The van der Waals surface area contributed by atoms with E-state index in [1.807, 2.05) is 61.5 Å². The number of hydrogen-bond acceptors (Lipinski definition) is 3. The Kier molecular flexibility index (Phi) is 6.24. The van der Waals surface area contributed by atoms with Crippen molar-refractivity contribution in [2.24, 2.45) is 11.7 Å². The van der Waals surface area contributed by atoms with Crippen LogP contribution in [0.15, 0.2) is 54.6 Å². The Balaban J connectivity index is 1.58. The molecule has 1 aliphatic carbocycles. The molecule has 0 spiro atoms. The van der Waals surface area contributed by atoms with Crippen LogP contribution in [0.4, 0.5) is 11.4 Å². The number of amides is 2. The van der Waals surface area contributed by atoms with Gasteiger partial charge in [0.25, 0.3) is 0 Å². The monoisotopic (exact) mass is 365 g/mol. The molecule has 3 rings (SSSR count). The number of hydrogen-bond donors (Lipinski definition) is 2. The fourth-order valence-electron chi connectivity index (χ4n) is 3.59. The second-order valence-electron chi connectivity index (χ2n) is 7.11. The van der Waals surface area contributed by atoms with Crippen molar-refractivity contribution in [1.82, 2.24) is 0 Å². The van der Waals surface area contributed by atoms with Crippen LogP contribution in [0.1, 0.15) is 31.7 Å². The van der Waals surface area contributed by atoms with Gasteiger partial charge in [-0.1, -0.05) is 30.3 Å². The summed E-state index contributed by atoms with van der Waals surface area (Å²) in [5.74, 6) is 0.0960. The van der Waals surface area contributed by atoms with E-state index in [1.165, 1.54) is 0 Å². The lowest BCUT2D eigenvalue weighted by atomic mass is 10.1. The molecular formula is C22H27N3O2. The van der Waals surface area contributed by atoms with Gasteiger partial charge in [0, 0.05) is 29.9 Å². The molecule has 2 aromatic rings. The highest BCUT2D eigenvalue weighted by molar-refractivity contribution is 5.95. The summed E-state index contributed by atoms with van der Waals surface area (Å²) in [6, 6.07) is 17.3.